The Hall–Kier alpha value is -1.83. The number of hydrogen-bond acceptors (Lipinski definition) is 7. The van der Waals surface area contributed by atoms with E-state index >= 15 is 0 Å². The monoisotopic (exact) mass is 640 g/mol. The molecule has 5 N–H and O–H groups in total. The first kappa shape index (κ1) is 34.0. The number of ether oxygens (including phenoxy) is 1. The van der Waals surface area contributed by atoms with Crippen LogP contribution < -0.4 is 0 Å². The third-order valence-corrected chi connectivity index (χ3v) is 15.5. The van der Waals surface area contributed by atoms with Crippen molar-refractivity contribution in [3.63, 3.8) is 0 Å². The van der Waals surface area contributed by atoms with Crippen LogP contribution in [0.4, 0.5) is 0 Å². The van der Waals surface area contributed by atoms with Crippen LogP contribution >= 0.6 is 0 Å². The lowest BCUT2D eigenvalue weighted by Gasteiger charge is -2.65. The van der Waals surface area contributed by atoms with Gasteiger partial charge in [-0.25, -0.2) is 0 Å². The quantitative estimate of drug-likeness (QED) is 0.175. The van der Waals surface area contributed by atoms with E-state index < -0.39 is 17.1 Å². The fourth-order valence-corrected chi connectivity index (χ4v) is 13.2. The number of fused-ring (bicyclic) bond motifs is 6. The molecule has 46 heavy (non-hydrogen) atoms. The van der Waals surface area contributed by atoms with Crippen molar-refractivity contribution in [1.29, 1.82) is 0 Å². The summed E-state index contributed by atoms with van der Waals surface area (Å²) in [6.07, 6.45) is 10.0. The Balaban J connectivity index is 1.20. The van der Waals surface area contributed by atoms with Crippen LogP contribution in [0.3, 0.4) is 0 Å². The van der Waals surface area contributed by atoms with Gasteiger partial charge in [0.15, 0.2) is 11.5 Å². The van der Waals surface area contributed by atoms with Gasteiger partial charge in [-0.05, 0) is 135 Å². The number of phenols is 2. The smallest absolute Gasteiger partial charge is 0.306 e. The van der Waals surface area contributed by atoms with Crippen LogP contribution in [-0.4, -0.2) is 55.9 Å². The predicted octanol–water partition coefficient (Wildman–Crippen LogP) is 6.90. The summed E-state index contributed by atoms with van der Waals surface area (Å²) in [5, 5.41) is 53.6. The number of hydrogen-bond donors (Lipinski definition) is 5. The van der Waals surface area contributed by atoms with Crippen molar-refractivity contribution in [2.24, 2.45) is 50.7 Å². The molecule has 0 bridgehead atoms. The van der Waals surface area contributed by atoms with Crippen molar-refractivity contribution in [3.05, 3.63) is 23.8 Å². The van der Waals surface area contributed by atoms with E-state index in [1.807, 2.05) is 0 Å². The summed E-state index contributed by atoms with van der Waals surface area (Å²) in [6, 6.07) is 4.67. The zero-order valence-electron chi connectivity index (χ0n) is 29.1. The number of aryl methyl sites for hydroxylation is 1. The summed E-state index contributed by atoms with van der Waals surface area (Å²) in [4.78, 5) is 13.1. The van der Waals surface area contributed by atoms with E-state index in [2.05, 4.69) is 41.5 Å². The van der Waals surface area contributed by atoms with Crippen molar-refractivity contribution in [1.82, 2.24) is 0 Å². The molecule has 6 rings (SSSR count). The van der Waals surface area contributed by atoms with Gasteiger partial charge in [0.2, 0.25) is 0 Å². The lowest BCUT2D eigenvalue weighted by atomic mass is 9.41. The maximum Gasteiger partial charge on any atom is 0.306 e. The highest BCUT2D eigenvalue weighted by Crippen LogP contribution is 2.72. The number of aliphatic hydroxyl groups is 3. The van der Waals surface area contributed by atoms with E-state index in [0.717, 1.165) is 69.8 Å². The molecule has 0 aliphatic heterocycles. The van der Waals surface area contributed by atoms with Gasteiger partial charge < -0.3 is 30.3 Å². The SMILES string of the molecule is CC1(C)[C@@H](OC(=O)CCc2ccc(O)c(O)c2)CC[C@@]2(C)[C@H]1CC[C@@]1(C)C[C@@]3(O)CCC4[C@](C)(CC[C@H](O)[C@]4(C)CO)C3CC[C@@H]12. The number of aromatic hydroxyl groups is 2. The molecule has 5 saturated carbocycles. The fourth-order valence-electron chi connectivity index (χ4n) is 13.2. The van der Waals surface area contributed by atoms with Crippen molar-refractivity contribution < 1.29 is 35.1 Å². The standard InChI is InChI=1S/C39H60O7/c1-34(2)27-13-17-35(3)22-39(45)20-14-29-37(5,18-15-31(43)38(29,6)23-40)30(39)11-10-28(35)36(27,4)19-16-32(34)46-33(44)12-8-24-7-9-25(41)26(42)21-24/h7,9,21,27-32,40-43,45H,8,10-20,22-23H2,1-6H3/t27-,28-,29?,30?,31-,32-,35-,36-,37-,38+,39-/m0/s1. The molecule has 0 radical (unpaired) electrons. The van der Waals surface area contributed by atoms with Gasteiger partial charge in [-0.1, -0.05) is 47.6 Å². The molecule has 0 heterocycles. The van der Waals surface area contributed by atoms with Gasteiger partial charge in [0, 0.05) is 17.3 Å². The van der Waals surface area contributed by atoms with Gasteiger partial charge in [-0.3, -0.25) is 4.79 Å². The van der Waals surface area contributed by atoms with E-state index in [-0.39, 0.29) is 70.1 Å². The molecule has 11 atom stereocenters. The van der Waals surface area contributed by atoms with Crippen LogP contribution in [0.25, 0.3) is 0 Å². The molecule has 0 spiro atoms. The first-order valence-corrected chi connectivity index (χ1v) is 18.1. The van der Waals surface area contributed by atoms with Gasteiger partial charge in [0.25, 0.3) is 0 Å². The van der Waals surface area contributed by atoms with Crippen LogP contribution in [0.1, 0.15) is 124 Å². The normalized spacial score (nSPS) is 46.5. The summed E-state index contributed by atoms with van der Waals surface area (Å²) in [6.45, 7) is 14.0. The van der Waals surface area contributed by atoms with Crippen LogP contribution in [0.5, 0.6) is 11.5 Å². The molecule has 0 amide bonds. The molecule has 1 aromatic carbocycles. The number of carbonyl (C=O) groups is 1. The van der Waals surface area contributed by atoms with Gasteiger partial charge in [-0.2, -0.15) is 0 Å². The zero-order valence-corrected chi connectivity index (χ0v) is 29.1. The van der Waals surface area contributed by atoms with Gasteiger partial charge >= 0.3 is 5.97 Å². The third-order valence-electron chi connectivity index (χ3n) is 15.5. The second-order valence-corrected chi connectivity index (χ2v) is 18.2. The average molecular weight is 641 g/mol. The Morgan fingerprint density at radius 1 is 0.804 bits per heavy atom. The topological polar surface area (TPSA) is 127 Å². The van der Waals surface area contributed by atoms with E-state index in [1.54, 1.807) is 6.07 Å². The molecule has 7 heteroatoms. The summed E-state index contributed by atoms with van der Waals surface area (Å²) < 4.78 is 6.23. The second-order valence-electron chi connectivity index (χ2n) is 18.2. The lowest BCUT2D eigenvalue weighted by Crippen LogP contribution is -2.63. The number of benzene rings is 1. The molecule has 258 valence electrons. The summed E-state index contributed by atoms with van der Waals surface area (Å²) in [5.74, 6) is 0.655. The van der Waals surface area contributed by atoms with Crippen molar-refractivity contribution >= 4 is 5.97 Å². The Kier molecular flexibility index (Phi) is 8.42. The summed E-state index contributed by atoms with van der Waals surface area (Å²) in [5.41, 5.74) is -0.658. The minimum absolute atomic E-state index is 0.0130. The Morgan fingerprint density at radius 2 is 1.46 bits per heavy atom. The summed E-state index contributed by atoms with van der Waals surface area (Å²) >= 11 is 0. The first-order chi connectivity index (χ1) is 21.4. The van der Waals surface area contributed by atoms with E-state index in [1.165, 1.54) is 12.1 Å². The van der Waals surface area contributed by atoms with Crippen molar-refractivity contribution in [3.8, 4) is 11.5 Å². The average Bonchev–Trinajstić information content (AvgIpc) is 3.11. The highest BCUT2D eigenvalue weighted by molar-refractivity contribution is 5.70. The largest absolute Gasteiger partial charge is 0.504 e. The second kappa shape index (κ2) is 11.4. The number of phenolic OH excluding ortho intramolecular Hbond substituents is 2. The highest BCUT2D eigenvalue weighted by atomic mass is 16.5. The molecule has 0 aromatic heterocycles. The van der Waals surface area contributed by atoms with Crippen LogP contribution in [0.15, 0.2) is 18.2 Å². The van der Waals surface area contributed by atoms with E-state index in [0.29, 0.717) is 24.7 Å². The molecule has 5 fully saturated rings. The molecular weight excluding hydrogens is 580 g/mol. The molecule has 0 saturated heterocycles. The summed E-state index contributed by atoms with van der Waals surface area (Å²) in [7, 11) is 0. The van der Waals surface area contributed by atoms with E-state index in [4.69, 9.17) is 4.74 Å². The Bertz CT molecular complexity index is 1330. The van der Waals surface area contributed by atoms with E-state index in [9.17, 15) is 30.3 Å². The number of aliphatic hydroxyl groups excluding tert-OH is 2. The number of esters is 1. The third kappa shape index (κ3) is 5.12. The van der Waals surface area contributed by atoms with Crippen LogP contribution in [0.2, 0.25) is 0 Å². The lowest BCUT2D eigenvalue weighted by molar-refractivity contribution is -0.223. The first-order valence-electron chi connectivity index (χ1n) is 18.1. The van der Waals surface area contributed by atoms with Gasteiger partial charge in [0.05, 0.1) is 18.3 Å². The molecule has 5 aliphatic rings. The van der Waals surface area contributed by atoms with Gasteiger partial charge in [0.1, 0.15) is 6.10 Å². The van der Waals surface area contributed by atoms with Gasteiger partial charge in [-0.15, -0.1) is 0 Å². The molecule has 1 aromatic rings. The molecule has 2 unspecified atom stereocenters. The minimum atomic E-state index is -0.729. The number of carbonyl (C=O) groups excluding carboxylic acids is 1. The molecule has 5 aliphatic carbocycles. The number of rotatable bonds is 5. The molecule has 7 nitrogen and oxygen atoms in total. The maximum absolute atomic E-state index is 13.1. The molecular formula is C39H60O7. The van der Waals surface area contributed by atoms with Crippen LogP contribution in [0, 0.1) is 50.7 Å². The van der Waals surface area contributed by atoms with Crippen molar-refractivity contribution in [2.75, 3.05) is 6.61 Å². The Morgan fingerprint density at radius 3 is 2.15 bits per heavy atom. The fraction of sp³-hybridized carbons (Fsp3) is 0.821. The predicted molar refractivity (Wildman–Crippen MR) is 177 cm³/mol. The minimum Gasteiger partial charge on any atom is -0.504 e. The maximum atomic E-state index is 13.1. The Labute approximate surface area is 276 Å². The van der Waals surface area contributed by atoms with Crippen molar-refractivity contribution in [2.45, 2.75) is 143 Å². The van der Waals surface area contributed by atoms with Crippen LogP contribution in [-0.2, 0) is 16.0 Å². The zero-order chi connectivity index (χ0) is 33.5. The highest BCUT2D eigenvalue weighted by Gasteiger charge is 2.68.